The first kappa shape index (κ1) is 14.5. The lowest BCUT2D eigenvalue weighted by molar-refractivity contribution is 0.0696. The fraction of sp³-hybridized carbons (Fsp3) is 0.188. The van der Waals surface area contributed by atoms with Gasteiger partial charge in [-0.15, -0.1) is 0 Å². The minimum Gasteiger partial charge on any atom is -0.478 e. The van der Waals surface area contributed by atoms with Crippen molar-refractivity contribution in [2.24, 2.45) is 0 Å². The minimum absolute atomic E-state index is 0.169. The van der Waals surface area contributed by atoms with Gasteiger partial charge in [0.15, 0.2) is 0 Å². The lowest BCUT2D eigenvalue weighted by Crippen LogP contribution is -2.24. The number of hydrogen-bond donors (Lipinski definition) is 1. The molecule has 0 saturated carbocycles. The number of carboxylic acid groups (broad SMARTS) is 1. The van der Waals surface area contributed by atoms with Crippen LogP contribution >= 0.6 is 0 Å². The Morgan fingerprint density at radius 1 is 1.24 bits per heavy atom. The molecule has 0 spiro atoms. The number of aromatic carboxylic acids is 1. The van der Waals surface area contributed by atoms with Crippen molar-refractivity contribution < 1.29 is 9.90 Å². The maximum absolute atomic E-state index is 10.8. The first-order chi connectivity index (χ1) is 10.2. The van der Waals surface area contributed by atoms with Gasteiger partial charge in [-0.05, 0) is 24.3 Å². The van der Waals surface area contributed by atoms with Gasteiger partial charge in [-0.1, -0.05) is 18.2 Å². The monoisotopic (exact) mass is 281 g/mol. The van der Waals surface area contributed by atoms with Gasteiger partial charge in [-0.2, -0.15) is 5.26 Å². The third-order valence-corrected chi connectivity index (χ3v) is 3.04. The summed E-state index contributed by atoms with van der Waals surface area (Å²) in [6.45, 7) is 1.13. The van der Waals surface area contributed by atoms with E-state index >= 15 is 0 Å². The van der Waals surface area contributed by atoms with Crippen molar-refractivity contribution in [1.29, 1.82) is 5.26 Å². The van der Waals surface area contributed by atoms with Crippen LogP contribution in [0, 0.1) is 11.3 Å². The van der Waals surface area contributed by atoms with Crippen LogP contribution in [0.3, 0.4) is 0 Å². The van der Waals surface area contributed by atoms with Gasteiger partial charge >= 0.3 is 5.97 Å². The average molecular weight is 281 g/mol. The highest BCUT2D eigenvalue weighted by Gasteiger charge is 2.09. The number of nitriles is 1. The third kappa shape index (κ3) is 4.05. The second-order valence-corrected chi connectivity index (χ2v) is 4.51. The van der Waals surface area contributed by atoms with E-state index in [1.54, 1.807) is 6.07 Å². The molecule has 0 aliphatic carbocycles. The predicted octanol–water partition coefficient (Wildman–Crippen LogP) is 2.70. The smallest absolute Gasteiger partial charge is 0.337 e. The van der Waals surface area contributed by atoms with Crippen molar-refractivity contribution >= 4 is 11.7 Å². The number of carboxylic acids is 1. The van der Waals surface area contributed by atoms with E-state index < -0.39 is 5.97 Å². The molecule has 0 aliphatic rings. The number of hydrogen-bond acceptors (Lipinski definition) is 4. The molecular weight excluding hydrogens is 266 g/mol. The van der Waals surface area contributed by atoms with Gasteiger partial charge < -0.3 is 10.0 Å². The van der Waals surface area contributed by atoms with Crippen LogP contribution in [-0.2, 0) is 6.54 Å². The molecule has 1 aromatic carbocycles. The van der Waals surface area contributed by atoms with Crippen molar-refractivity contribution in [2.45, 2.75) is 13.0 Å². The summed E-state index contributed by atoms with van der Waals surface area (Å²) in [6.07, 6.45) is 1.77. The molecule has 1 heterocycles. The molecule has 0 bridgehead atoms. The fourth-order valence-corrected chi connectivity index (χ4v) is 1.96. The van der Waals surface area contributed by atoms with E-state index in [0.29, 0.717) is 19.5 Å². The highest BCUT2D eigenvalue weighted by molar-refractivity contribution is 5.87. The number of para-hydroxylation sites is 1. The number of carbonyl (C=O) groups is 1. The summed E-state index contributed by atoms with van der Waals surface area (Å²) in [7, 11) is 0. The number of pyridine rings is 1. The normalized spacial score (nSPS) is 9.86. The number of anilines is 1. The van der Waals surface area contributed by atoms with Crippen molar-refractivity contribution in [2.75, 3.05) is 11.4 Å². The van der Waals surface area contributed by atoms with Gasteiger partial charge in [0, 0.05) is 18.4 Å². The molecule has 0 unspecified atom stereocenters. The first-order valence-corrected chi connectivity index (χ1v) is 6.56. The van der Waals surface area contributed by atoms with Gasteiger partial charge in [-0.3, -0.25) is 4.98 Å². The molecule has 5 heteroatoms. The Balaban J connectivity index is 2.15. The van der Waals surface area contributed by atoms with E-state index in [1.807, 2.05) is 35.2 Å². The molecule has 1 N–H and O–H groups in total. The van der Waals surface area contributed by atoms with Crippen LogP contribution in [0.25, 0.3) is 0 Å². The van der Waals surface area contributed by atoms with Gasteiger partial charge in [0.05, 0.1) is 30.3 Å². The summed E-state index contributed by atoms with van der Waals surface area (Å²) in [5, 5.41) is 17.6. The van der Waals surface area contributed by atoms with Crippen LogP contribution in [0.5, 0.6) is 0 Å². The molecule has 2 aromatic rings. The number of benzene rings is 1. The first-order valence-electron chi connectivity index (χ1n) is 6.56. The Morgan fingerprint density at radius 2 is 2.00 bits per heavy atom. The van der Waals surface area contributed by atoms with E-state index in [4.69, 9.17) is 10.4 Å². The molecule has 0 amide bonds. The van der Waals surface area contributed by atoms with Crippen LogP contribution in [0.1, 0.15) is 22.5 Å². The van der Waals surface area contributed by atoms with E-state index in [-0.39, 0.29) is 5.56 Å². The van der Waals surface area contributed by atoms with Crippen molar-refractivity contribution in [3.63, 3.8) is 0 Å². The third-order valence-electron chi connectivity index (χ3n) is 3.04. The van der Waals surface area contributed by atoms with E-state index in [1.165, 1.54) is 12.3 Å². The topological polar surface area (TPSA) is 77.2 Å². The zero-order valence-corrected chi connectivity index (χ0v) is 11.4. The molecule has 0 atom stereocenters. The summed E-state index contributed by atoms with van der Waals surface area (Å²) in [6, 6.07) is 15.1. The Morgan fingerprint density at radius 3 is 2.57 bits per heavy atom. The molecular formula is C16H15N3O2. The molecule has 2 rings (SSSR count). The second-order valence-electron chi connectivity index (χ2n) is 4.51. The Hall–Kier alpha value is -2.87. The molecule has 106 valence electrons. The van der Waals surface area contributed by atoms with Gasteiger partial charge in [0.1, 0.15) is 0 Å². The van der Waals surface area contributed by atoms with Gasteiger partial charge in [0.2, 0.25) is 0 Å². The fourth-order valence-electron chi connectivity index (χ4n) is 1.96. The maximum Gasteiger partial charge on any atom is 0.337 e. The van der Waals surface area contributed by atoms with Crippen molar-refractivity contribution in [1.82, 2.24) is 4.98 Å². The van der Waals surface area contributed by atoms with Gasteiger partial charge in [0.25, 0.3) is 0 Å². The molecule has 21 heavy (non-hydrogen) atoms. The van der Waals surface area contributed by atoms with Crippen LogP contribution in [0.15, 0.2) is 48.7 Å². The SMILES string of the molecule is N#CCCN(Cc1ccc(C(=O)O)cn1)c1ccccc1. The number of rotatable bonds is 6. The molecule has 1 aromatic heterocycles. The van der Waals surface area contributed by atoms with Crippen LogP contribution in [-0.4, -0.2) is 22.6 Å². The average Bonchev–Trinajstić information content (AvgIpc) is 2.52. The Labute approximate surface area is 123 Å². The summed E-state index contributed by atoms with van der Waals surface area (Å²) in [4.78, 5) is 17.0. The predicted molar refractivity (Wildman–Crippen MR) is 78.9 cm³/mol. The minimum atomic E-state index is -0.988. The van der Waals surface area contributed by atoms with E-state index in [2.05, 4.69) is 11.1 Å². The Bertz CT molecular complexity index is 633. The lowest BCUT2D eigenvalue weighted by atomic mass is 10.2. The second kappa shape index (κ2) is 7.06. The highest BCUT2D eigenvalue weighted by Crippen LogP contribution is 2.16. The quantitative estimate of drug-likeness (QED) is 0.880. The molecule has 0 radical (unpaired) electrons. The largest absolute Gasteiger partial charge is 0.478 e. The zero-order chi connectivity index (χ0) is 15.1. The van der Waals surface area contributed by atoms with Crippen molar-refractivity contribution in [3.05, 3.63) is 59.9 Å². The van der Waals surface area contributed by atoms with Crippen molar-refractivity contribution in [3.8, 4) is 6.07 Å². The summed E-state index contributed by atoms with van der Waals surface area (Å²) < 4.78 is 0. The number of nitrogens with zero attached hydrogens (tertiary/aromatic N) is 3. The molecule has 0 saturated heterocycles. The summed E-state index contributed by atoms with van der Waals surface area (Å²) in [5.74, 6) is -0.988. The molecule has 5 nitrogen and oxygen atoms in total. The molecule has 0 aliphatic heterocycles. The summed E-state index contributed by atoms with van der Waals surface area (Å²) >= 11 is 0. The lowest BCUT2D eigenvalue weighted by Gasteiger charge is -2.23. The van der Waals surface area contributed by atoms with Crippen LogP contribution < -0.4 is 4.90 Å². The van der Waals surface area contributed by atoms with Crippen LogP contribution in [0.4, 0.5) is 5.69 Å². The standard InChI is InChI=1S/C16H15N3O2/c17-9-4-10-19(15-5-2-1-3-6-15)12-14-8-7-13(11-18-14)16(20)21/h1-3,5-8,11H,4,10,12H2,(H,20,21). The van der Waals surface area contributed by atoms with E-state index in [0.717, 1.165) is 11.4 Å². The summed E-state index contributed by atoms with van der Waals surface area (Å²) in [5.41, 5.74) is 1.95. The van der Waals surface area contributed by atoms with Crippen LogP contribution in [0.2, 0.25) is 0 Å². The van der Waals surface area contributed by atoms with Gasteiger partial charge in [-0.25, -0.2) is 4.79 Å². The number of aromatic nitrogens is 1. The maximum atomic E-state index is 10.8. The van der Waals surface area contributed by atoms with E-state index in [9.17, 15) is 4.79 Å². The zero-order valence-electron chi connectivity index (χ0n) is 11.4. The Kier molecular flexibility index (Phi) is 4.89. The molecule has 0 fully saturated rings. The highest BCUT2D eigenvalue weighted by atomic mass is 16.4.